The summed E-state index contributed by atoms with van der Waals surface area (Å²) in [5.41, 5.74) is 4.36. The molecule has 188 valence electrons. The molecule has 2 atom stereocenters. The van der Waals surface area contributed by atoms with E-state index in [-0.39, 0.29) is 30.2 Å². The standard InChI is InChI=1S/C19H31N3O.C3H8O.C3H8.C2H6/c1-13(19(3,4)5)10-17-14(2)21-18(11-20-17)16-9-7-6-8-15(12-23)22-16;1-3(2)4;1-3-2;1-2/h10-11,15-16,22-23H,6-9,12H2,1-5H3;3-4H,1-2H3;3H2,1-2H3;1-2H3/b13-10+;;;. The summed E-state index contributed by atoms with van der Waals surface area (Å²) < 4.78 is 0. The maximum Gasteiger partial charge on any atom is 0.0842 e. The van der Waals surface area contributed by atoms with E-state index in [4.69, 9.17) is 10.1 Å². The van der Waals surface area contributed by atoms with Crippen molar-refractivity contribution < 1.29 is 10.2 Å². The number of aliphatic hydroxyl groups excluding tert-OH is 2. The molecule has 1 aromatic heterocycles. The average molecular weight is 452 g/mol. The van der Waals surface area contributed by atoms with E-state index in [1.807, 2.05) is 27.0 Å². The van der Waals surface area contributed by atoms with Gasteiger partial charge in [-0.15, -0.1) is 0 Å². The predicted octanol–water partition coefficient (Wildman–Crippen LogP) is 6.63. The lowest BCUT2D eigenvalue weighted by molar-refractivity contribution is 0.216. The zero-order valence-corrected chi connectivity index (χ0v) is 22.9. The van der Waals surface area contributed by atoms with Crippen molar-refractivity contribution in [2.45, 2.75) is 126 Å². The summed E-state index contributed by atoms with van der Waals surface area (Å²) in [6, 6.07) is 0.370. The van der Waals surface area contributed by atoms with Crippen LogP contribution in [0.15, 0.2) is 11.8 Å². The fraction of sp³-hybridized carbons (Fsp3) is 0.778. The van der Waals surface area contributed by atoms with Gasteiger partial charge in [-0.1, -0.05) is 73.3 Å². The number of nitrogens with zero attached hydrogens (tertiary/aromatic N) is 2. The van der Waals surface area contributed by atoms with Gasteiger partial charge in [-0.25, -0.2) is 0 Å². The van der Waals surface area contributed by atoms with E-state index < -0.39 is 0 Å². The third-order valence-electron chi connectivity index (χ3n) is 4.85. The van der Waals surface area contributed by atoms with E-state index in [0.29, 0.717) is 0 Å². The topological polar surface area (TPSA) is 78.3 Å². The number of aliphatic hydroxyl groups is 2. The highest BCUT2D eigenvalue weighted by molar-refractivity contribution is 5.51. The van der Waals surface area contributed by atoms with Crippen LogP contribution < -0.4 is 5.32 Å². The molecule has 0 aliphatic carbocycles. The van der Waals surface area contributed by atoms with E-state index in [0.717, 1.165) is 36.3 Å². The van der Waals surface area contributed by atoms with Gasteiger partial charge in [-0.05, 0) is 52.0 Å². The van der Waals surface area contributed by atoms with E-state index >= 15 is 0 Å². The Hall–Kier alpha value is -1.30. The molecule has 0 radical (unpaired) electrons. The van der Waals surface area contributed by atoms with Crippen LogP contribution >= 0.6 is 0 Å². The van der Waals surface area contributed by atoms with Crippen LogP contribution in [0, 0.1) is 12.3 Å². The maximum absolute atomic E-state index is 9.45. The van der Waals surface area contributed by atoms with Gasteiger partial charge < -0.3 is 15.5 Å². The molecule has 0 saturated carbocycles. The first-order chi connectivity index (χ1) is 15.0. The number of aromatic nitrogens is 2. The fourth-order valence-electron chi connectivity index (χ4n) is 2.81. The summed E-state index contributed by atoms with van der Waals surface area (Å²) in [4.78, 5) is 9.44. The largest absolute Gasteiger partial charge is 0.395 e. The second kappa shape index (κ2) is 18.2. The SMILES string of the molecule is C/C(=C\c1ncc(C2CCCCC(CO)N2)nc1C)C(C)(C)C.CC.CC(C)O.CCC. The molecule has 0 amide bonds. The van der Waals surface area contributed by atoms with Crippen molar-refractivity contribution in [2.24, 2.45) is 5.41 Å². The number of hydrogen-bond donors (Lipinski definition) is 3. The Kier molecular flexibility index (Phi) is 18.7. The Morgan fingerprint density at radius 3 is 2.12 bits per heavy atom. The molecule has 0 aromatic carbocycles. The first kappa shape index (κ1) is 32.9. The molecule has 1 fully saturated rings. The van der Waals surface area contributed by atoms with Gasteiger partial charge in [0.15, 0.2) is 0 Å². The second-order valence-electron chi connectivity index (χ2n) is 9.53. The summed E-state index contributed by atoms with van der Waals surface area (Å²) in [7, 11) is 0. The normalized spacial score (nSPS) is 18.9. The molecule has 1 saturated heterocycles. The number of hydrogen-bond acceptors (Lipinski definition) is 5. The number of nitrogens with one attached hydrogen (secondary N) is 1. The van der Waals surface area contributed by atoms with Gasteiger partial charge in [0.05, 0.1) is 35.9 Å². The van der Waals surface area contributed by atoms with Crippen LogP contribution in [-0.4, -0.2) is 38.9 Å². The van der Waals surface area contributed by atoms with Crippen LogP contribution in [0.4, 0.5) is 0 Å². The first-order valence-electron chi connectivity index (χ1n) is 12.5. The van der Waals surface area contributed by atoms with Crippen molar-refractivity contribution in [1.29, 1.82) is 0 Å². The smallest absolute Gasteiger partial charge is 0.0842 e. The van der Waals surface area contributed by atoms with Crippen LogP contribution in [0.2, 0.25) is 0 Å². The van der Waals surface area contributed by atoms with Gasteiger partial charge in [0.25, 0.3) is 0 Å². The van der Waals surface area contributed by atoms with Gasteiger partial charge in [0.2, 0.25) is 0 Å². The van der Waals surface area contributed by atoms with Crippen LogP contribution in [0.1, 0.15) is 124 Å². The van der Waals surface area contributed by atoms with Crippen molar-refractivity contribution in [1.82, 2.24) is 15.3 Å². The molecule has 2 unspecified atom stereocenters. The molecule has 1 aromatic rings. The van der Waals surface area contributed by atoms with Crippen LogP contribution in [0.3, 0.4) is 0 Å². The van der Waals surface area contributed by atoms with Gasteiger partial charge >= 0.3 is 0 Å². The number of allylic oxidation sites excluding steroid dienone is 1. The lowest BCUT2D eigenvalue weighted by atomic mass is 9.87. The fourth-order valence-corrected chi connectivity index (χ4v) is 2.81. The quantitative estimate of drug-likeness (QED) is 0.481. The van der Waals surface area contributed by atoms with Crippen molar-refractivity contribution in [3.63, 3.8) is 0 Å². The van der Waals surface area contributed by atoms with E-state index in [2.05, 4.69) is 57.9 Å². The molecule has 1 aliphatic heterocycles. The van der Waals surface area contributed by atoms with Crippen molar-refractivity contribution >= 4 is 6.08 Å². The second-order valence-corrected chi connectivity index (χ2v) is 9.53. The Labute approximate surface area is 199 Å². The minimum atomic E-state index is -0.167. The van der Waals surface area contributed by atoms with E-state index in [1.165, 1.54) is 18.4 Å². The lowest BCUT2D eigenvalue weighted by Gasteiger charge is -2.21. The first-order valence-corrected chi connectivity index (χ1v) is 12.5. The molecule has 2 rings (SSSR count). The lowest BCUT2D eigenvalue weighted by Crippen LogP contribution is -2.34. The van der Waals surface area contributed by atoms with Crippen LogP contribution in [0.25, 0.3) is 6.08 Å². The molecular weight excluding hydrogens is 398 g/mol. The molecule has 5 heteroatoms. The highest BCUT2D eigenvalue weighted by atomic mass is 16.3. The third-order valence-corrected chi connectivity index (χ3v) is 4.85. The molecule has 32 heavy (non-hydrogen) atoms. The van der Waals surface area contributed by atoms with Gasteiger partial charge in [-0.3, -0.25) is 9.97 Å². The van der Waals surface area contributed by atoms with Crippen molar-refractivity contribution in [3.05, 3.63) is 28.9 Å². The molecule has 2 heterocycles. The highest BCUT2D eigenvalue weighted by Crippen LogP contribution is 2.27. The maximum atomic E-state index is 9.45. The minimum absolute atomic E-state index is 0.143. The van der Waals surface area contributed by atoms with Crippen LogP contribution in [-0.2, 0) is 0 Å². The summed E-state index contributed by atoms with van der Waals surface area (Å²) in [5, 5.41) is 21.0. The Bertz CT molecular complexity index is 619. The summed E-state index contributed by atoms with van der Waals surface area (Å²) >= 11 is 0. The van der Waals surface area contributed by atoms with Crippen LogP contribution in [0.5, 0.6) is 0 Å². The third kappa shape index (κ3) is 14.7. The zero-order chi connectivity index (χ0) is 25.3. The predicted molar refractivity (Wildman–Crippen MR) is 140 cm³/mol. The number of rotatable bonds is 3. The van der Waals surface area contributed by atoms with E-state index in [1.54, 1.807) is 13.8 Å². The highest BCUT2D eigenvalue weighted by Gasteiger charge is 2.22. The van der Waals surface area contributed by atoms with Gasteiger partial charge in [0.1, 0.15) is 0 Å². The summed E-state index contributed by atoms with van der Waals surface area (Å²) in [6.07, 6.45) is 9.54. The molecule has 0 spiro atoms. The minimum Gasteiger partial charge on any atom is -0.395 e. The Morgan fingerprint density at radius 2 is 1.69 bits per heavy atom. The summed E-state index contributed by atoms with van der Waals surface area (Å²) in [6.45, 7) is 22.7. The molecule has 5 nitrogen and oxygen atoms in total. The van der Waals surface area contributed by atoms with Gasteiger partial charge in [-0.2, -0.15) is 0 Å². The molecular formula is C27H53N3O2. The Morgan fingerprint density at radius 1 is 1.19 bits per heavy atom. The van der Waals surface area contributed by atoms with Gasteiger partial charge in [0, 0.05) is 12.1 Å². The number of aryl methyl sites for hydroxylation is 1. The van der Waals surface area contributed by atoms with Crippen molar-refractivity contribution in [3.8, 4) is 0 Å². The zero-order valence-electron chi connectivity index (χ0n) is 22.9. The average Bonchev–Trinajstić information content (AvgIpc) is 2.96. The molecule has 3 N–H and O–H groups in total. The van der Waals surface area contributed by atoms with Crippen molar-refractivity contribution in [2.75, 3.05) is 6.61 Å². The monoisotopic (exact) mass is 451 g/mol. The summed E-state index contributed by atoms with van der Waals surface area (Å²) in [5.74, 6) is 0. The molecule has 1 aliphatic rings. The Balaban J connectivity index is 0. The molecule has 0 bridgehead atoms. The van der Waals surface area contributed by atoms with E-state index in [9.17, 15) is 5.11 Å².